The maximum atomic E-state index is 9.64. The summed E-state index contributed by atoms with van der Waals surface area (Å²) in [6.07, 6.45) is 3.81. The summed E-state index contributed by atoms with van der Waals surface area (Å²) in [7, 11) is 0. The van der Waals surface area contributed by atoms with Crippen LogP contribution in [0.4, 0.5) is 0 Å². The van der Waals surface area contributed by atoms with E-state index in [4.69, 9.17) is 10.2 Å². The summed E-state index contributed by atoms with van der Waals surface area (Å²) in [5.41, 5.74) is 0. The molecule has 1 rings (SSSR count). The number of carboxylic acids is 2. The molecule has 0 heterocycles. The van der Waals surface area contributed by atoms with E-state index in [1.165, 1.54) is 19.3 Å². The van der Waals surface area contributed by atoms with Gasteiger partial charge < -0.3 is 10.2 Å². The van der Waals surface area contributed by atoms with Gasteiger partial charge in [0.2, 0.25) is 0 Å². The quantitative estimate of drug-likeness (QED) is 0.765. The third kappa shape index (κ3) is 9.13. The zero-order valence-corrected chi connectivity index (χ0v) is 12.6. The molecule has 1 aliphatic rings. The van der Waals surface area contributed by atoms with E-state index in [9.17, 15) is 9.59 Å². The fourth-order valence-electron chi connectivity index (χ4n) is 2.89. The van der Waals surface area contributed by atoms with E-state index in [1.54, 1.807) is 0 Å². The number of carbonyl (C=O) groups is 2. The molecule has 0 saturated heterocycles. The van der Waals surface area contributed by atoms with Crippen LogP contribution in [0.3, 0.4) is 0 Å². The van der Waals surface area contributed by atoms with Crippen LogP contribution in [0.5, 0.6) is 0 Å². The van der Waals surface area contributed by atoms with Crippen molar-refractivity contribution in [1.29, 1.82) is 0 Å². The van der Waals surface area contributed by atoms with Gasteiger partial charge in [-0.3, -0.25) is 9.59 Å². The summed E-state index contributed by atoms with van der Waals surface area (Å²) in [5, 5.41) is 15.8. The van der Waals surface area contributed by atoms with E-state index in [2.05, 4.69) is 38.5 Å². The molecule has 3 unspecified atom stereocenters. The summed E-state index contributed by atoms with van der Waals surface area (Å²) in [6, 6.07) is 0. The Labute approximate surface area is 125 Å². The Balaban J connectivity index is 0.000000362. The molecular weight excluding hydrogens is 239 g/mol. The molecule has 0 radical (unpaired) electrons. The molecule has 0 aliphatic heterocycles. The Morgan fingerprint density at radius 1 is 1.16 bits per heavy atom. The molecule has 5 heteroatoms. The van der Waals surface area contributed by atoms with Gasteiger partial charge >= 0.3 is 92.0 Å². The predicted molar refractivity (Wildman–Crippen MR) is 75.4 cm³/mol. The van der Waals surface area contributed by atoms with Gasteiger partial charge in [0.15, 0.2) is 0 Å². The van der Waals surface area contributed by atoms with E-state index in [-0.39, 0.29) is 12.8 Å². The second-order valence-electron chi connectivity index (χ2n) is 6.09. The van der Waals surface area contributed by atoms with E-state index in [0.29, 0.717) is 0 Å². The Kier molecular flexibility index (Phi) is 9.21. The maximum absolute atomic E-state index is 9.64. The molecule has 1 fully saturated rings. The molecule has 0 aromatic heterocycles. The van der Waals surface area contributed by atoms with E-state index < -0.39 is 11.9 Å². The fourth-order valence-corrected chi connectivity index (χ4v) is 2.89. The molecular formula is C14H25LiO4. The number of carboxylic acid groups (broad SMARTS) is 2. The van der Waals surface area contributed by atoms with Gasteiger partial charge in [-0.1, -0.05) is 0 Å². The first-order valence-electron chi connectivity index (χ1n) is 7.17. The standard InChI is InChI=1S/C10H19.C4H6O4.Li/c1-8(2)10-6-4-9(3)5-7-10;5-3(6)1-2-4(7)8;/h6,8-10H,4-5,7H2,1-3H3;1-2H2,(H,5,6)(H,7,8);. The minimum absolute atomic E-state index is 0.296. The molecule has 1 saturated carbocycles. The van der Waals surface area contributed by atoms with Crippen molar-refractivity contribution >= 4 is 29.7 Å². The van der Waals surface area contributed by atoms with Crippen LogP contribution < -0.4 is 0 Å². The Morgan fingerprint density at radius 2 is 1.63 bits per heavy atom. The van der Waals surface area contributed by atoms with Crippen LogP contribution in [0.25, 0.3) is 0 Å². The van der Waals surface area contributed by atoms with Crippen LogP contribution in [0.1, 0.15) is 52.9 Å². The average molecular weight is 264 g/mol. The molecule has 1 aliphatic carbocycles. The van der Waals surface area contributed by atoms with Crippen LogP contribution in [0.15, 0.2) is 0 Å². The first-order valence-corrected chi connectivity index (χ1v) is 7.17. The van der Waals surface area contributed by atoms with E-state index in [1.807, 2.05) is 0 Å². The Morgan fingerprint density at radius 3 is 1.95 bits per heavy atom. The summed E-state index contributed by atoms with van der Waals surface area (Å²) in [6.45, 7) is 7.14. The molecule has 0 bridgehead atoms. The van der Waals surface area contributed by atoms with Crippen molar-refractivity contribution in [3.63, 3.8) is 0 Å². The molecule has 2 N–H and O–H groups in total. The molecule has 3 atom stereocenters. The molecule has 0 amide bonds. The molecule has 0 aromatic rings. The van der Waals surface area contributed by atoms with Crippen molar-refractivity contribution in [2.24, 2.45) is 17.8 Å². The van der Waals surface area contributed by atoms with Gasteiger partial charge in [-0.25, -0.2) is 0 Å². The molecule has 106 valence electrons. The Bertz CT molecular complexity index is 277. The summed E-state index contributed by atoms with van der Waals surface area (Å²) in [4.78, 5) is 19.3. The van der Waals surface area contributed by atoms with E-state index >= 15 is 0 Å². The zero-order chi connectivity index (χ0) is 15.0. The normalized spacial score (nSPS) is 26.5. The van der Waals surface area contributed by atoms with Crippen molar-refractivity contribution in [2.75, 3.05) is 0 Å². The second-order valence-corrected chi connectivity index (χ2v) is 6.09. The van der Waals surface area contributed by atoms with Crippen LogP contribution in [-0.4, -0.2) is 39.9 Å². The predicted octanol–water partition coefficient (Wildman–Crippen LogP) is 2.97. The Hall–Kier alpha value is -0.463. The van der Waals surface area contributed by atoms with Gasteiger partial charge in [0.25, 0.3) is 0 Å². The van der Waals surface area contributed by atoms with E-state index in [0.717, 1.165) is 22.3 Å². The fraction of sp³-hybridized carbons (Fsp3) is 0.857. The third-order valence-electron chi connectivity index (χ3n) is 3.91. The first-order chi connectivity index (χ1) is 8.73. The summed E-state index contributed by atoms with van der Waals surface area (Å²) < 4.78 is 0.971. The van der Waals surface area contributed by atoms with Gasteiger partial charge in [-0.2, -0.15) is 0 Å². The van der Waals surface area contributed by atoms with Crippen molar-refractivity contribution in [3.8, 4) is 0 Å². The second kappa shape index (κ2) is 9.44. The molecule has 19 heavy (non-hydrogen) atoms. The third-order valence-corrected chi connectivity index (χ3v) is 3.91. The number of aliphatic carboxylic acids is 2. The van der Waals surface area contributed by atoms with Crippen molar-refractivity contribution in [3.05, 3.63) is 0 Å². The first kappa shape index (κ1) is 18.5. The van der Waals surface area contributed by atoms with Gasteiger partial charge in [0, 0.05) is 0 Å². The van der Waals surface area contributed by atoms with Crippen LogP contribution in [-0.2, 0) is 9.59 Å². The SMILES string of the molecule is O=C(O)CCC(=O)O.[Li][CH]1CC(C)CCC1C(C)C. The van der Waals surface area contributed by atoms with Crippen LogP contribution in [0, 0.1) is 17.8 Å². The monoisotopic (exact) mass is 264 g/mol. The number of hydrogen-bond donors (Lipinski definition) is 2. The minimum atomic E-state index is -1.08. The summed E-state index contributed by atoms with van der Waals surface area (Å²) in [5.74, 6) is 0.739. The van der Waals surface area contributed by atoms with Gasteiger partial charge in [0.05, 0.1) is 12.8 Å². The average Bonchev–Trinajstić information content (AvgIpc) is 2.26. The zero-order valence-electron chi connectivity index (χ0n) is 12.6. The molecule has 4 nitrogen and oxygen atoms in total. The molecule has 0 aromatic carbocycles. The topological polar surface area (TPSA) is 74.6 Å². The number of hydrogen-bond acceptors (Lipinski definition) is 2. The van der Waals surface area contributed by atoms with Crippen LogP contribution >= 0.6 is 0 Å². The van der Waals surface area contributed by atoms with Crippen LogP contribution in [0.2, 0.25) is 4.59 Å². The van der Waals surface area contributed by atoms with Gasteiger partial charge in [-0.15, -0.1) is 0 Å². The van der Waals surface area contributed by atoms with Crippen molar-refractivity contribution in [1.82, 2.24) is 0 Å². The molecule has 0 spiro atoms. The van der Waals surface area contributed by atoms with Crippen molar-refractivity contribution in [2.45, 2.75) is 57.5 Å². The van der Waals surface area contributed by atoms with Gasteiger partial charge in [0.1, 0.15) is 0 Å². The number of rotatable bonds is 4. The van der Waals surface area contributed by atoms with Crippen molar-refractivity contribution < 1.29 is 19.8 Å². The van der Waals surface area contributed by atoms with Gasteiger partial charge in [-0.05, 0) is 0 Å². The summed E-state index contributed by atoms with van der Waals surface area (Å²) >= 11 is 2.43.